The number of halogens is 2. The molecule has 0 amide bonds. The summed E-state index contributed by atoms with van der Waals surface area (Å²) in [6, 6.07) is 13.9. The second kappa shape index (κ2) is 10.2. The van der Waals surface area contributed by atoms with E-state index in [4.69, 9.17) is 9.47 Å². The van der Waals surface area contributed by atoms with Crippen molar-refractivity contribution in [3.63, 3.8) is 0 Å². The van der Waals surface area contributed by atoms with E-state index >= 15 is 0 Å². The van der Waals surface area contributed by atoms with E-state index in [2.05, 4.69) is 34.7 Å². The normalized spacial score (nSPS) is 12.0. The maximum Gasteiger partial charge on any atom is 0.324 e. The molecule has 0 saturated carbocycles. The van der Waals surface area contributed by atoms with Crippen LogP contribution in [0, 0.1) is 11.6 Å². The van der Waals surface area contributed by atoms with Crippen molar-refractivity contribution in [3.8, 4) is 11.8 Å². The molecule has 0 radical (unpaired) electrons. The maximum absolute atomic E-state index is 14.0. The first-order valence-electron chi connectivity index (χ1n) is 11.0. The topological polar surface area (TPSA) is 62.1 Å². The minimum Gasteiger partial charge on any atom is -0.421 e. The van der Waals surface area contributed by atoms with Crippen molar-refractivity contribution in [2.75, 3.05) is 6.61 Å². The fourth-order valence-electron chi connectivity index (χ4n) is 3.15. The van der Waals surface area contributed by atoms with Crippen molar-refractivity contribution >= 4 is 31.3 Å². The number of benzene rings is 2. The lowest BCUT2D eigenvalue weighted by Crippen LogP contribution is -2.22. The predicted molar refractivity (Wildman–Crippen MR) is 131 cm³/mol. The fourth-order valence-corrected chi connectivity index (χ4v) is 3.91. The fraction of sp³-hybridized carbons (Fsp3) is 0.240. The Morgan fingerprint density at radius 3 is 2.56 bits per heavy atom. The summed E-state index contributed by atoms with van der Waals surface area (Å²) in [7, 11) is -1.23. The second-order valence-electron chi connectivity index (χ2n) is 9.04. The van der Waals surface area contributed by atoms with Gasteiger partial charge < -0.3 is 9.47 Å². The molecule has 4 rings (SSSR count). The van der Waals surface area contributed by atoms with Gasteiger partial charge in [-0.3, -0.25) is 0 Å². The van der Waals surface area contributed by atoms with E-state index in [1.54, 1.807) is 10.9 Å². The molecular weight excluding hydrogens is 454 g/mol. The molecule has 0 spiro atoms. The molecule has 0 bridgehead atoms. The van der Waals surface area contributed by atoms with Crippen LogP contribution in [-0.2, 0) is 11.5 Å². The lowest BCUT2D eigenvalue weighted by molar-refractivity contribution is 0.0811. The molecule has 4 aromatic rings. The van der Waals surface area contributed by atoms with Crippen LogP contribution in [0.15, 0.2) is 54.7 Å². The van der Waals surface area contributed by atoms with Crippen LogP contribution >= 0.6 is 0 Å². The highest BCUT2D eigenvalue weighted by Crippen LogP contribution is 2.25. The van der Waals surface area contributed by atoms with Gasteiger partial charge in [-0.2, -0.15) is 10.1 Å². The summed E-state index contributed by atoms with van der Waals surface area (Å²) in [6.07, 6.45) is 5.42. The Kier molecular flexibility index (Phi) is 7.14. The number of hydrogen-bond acceptors (Lipinski definition) is 5. The molecule has 34 heavy (non-hydrogen) atoms. The third-order valence-electron chi connectivity index (χ3n) is 5.03. The zero-order chi connectivity index (χ0) is 24.1. The molecule has 0 unspecified atom stereocenters. The largest absolute Gasteiger partial charge is 0.421 e. The average Bonchev–Trinajstić information content (AvgIpc) is 3.14. The van der Waals surface area contributed by atoms with Crippen LogP contribution in [0.5, 0.6) is 11.8 Å². The van der Waals surface area contributed by atoms with Gasteiger partial charge in [-0.15, -0.1) is 0 Å². The predicted octanol–water partition coefficient (Wildman–Crippen LogP) is 6.38. The Hall–Kier alpha value is -3.43. The third-order valence-corrected chi connectivity index (χ3v) is 6.74. The molecule has 176 valence electrons. The van der Waals surface area contributed by atoms with Gasteiger partial charge in [0, 0.05) is 26.9 Å². The lowest BCUT2D eigenvalue weighted by Gasteiger charge is -2.15. The molecule has 0 aliphatic carbocycles. The van der Waals surface area contributed by atoms with Gasteiger partial charge >= 0.3 is 6.01 Å². The van der Waals surface area contributed by atoms with E-state index in [1.165, 1.54) is 6.07 Å². The van der Waals surface area contributed by atoms with Crippen molar-refractivity contribution < 1.29 is 18.3 Å². The number of aromatic nitrogens is 4. The van der Waals surface area contributed by atoms with Crippen LogP contribution in [0.2, 0.25) is 25.7 Å². The monoisotopic (exact) mass is 480 g/mol. The molecule has 0 N–H and O–H groups in total. The van der Waals surface area contributed by atoms with Crippen LogP contribution in [0.4, 0.5) is 8.78 Å². The number of hydrogen-bond donors (Lipinski definition) is 0. The smallest absolute Gasteiger partial charge is 0.324 e. The first-order valence-corrected chi connectivity index (χ1v) is 14.7. The van der Waals surface area contributed by atoms with Crippen LogP contribution in [0.25, 0.3) is 23.2 Å². The molecule has 0 atom stereocenters. The highest BCUT2D eigenvalue weighted by molar-refractivity contribution is 6.76. The average molecular weight is 481 g/mol. The summed E-state index contributed by atoms with van der Waals surface area (Å²) >= 11 is 0. The molecule has 2 aromatic heterocycles. The number of ether oxygens (including phenoxy) is 2. The van der Waals surface area contributed by atoms with E-state index in [0.717, 1.165) is 23.7 Å². The quantitative estimate of drug-likeness (QED) is 0.205. The molecule has 0 aliphatic rings. The standard InChI is InChI=1S/C25H26F2N4O2Si/c1-34(2,3)14-13-32-17-31-24-20(22(30-31)11-9-18-7-5-4-6-8-18)16-28-25(29-24)33-23-12-10-19(26)15-21(23)27/h4-12,15-16H,13-14,17H2,1-3H3. The molecule has 2 heterocycles. The van der Waals surface area contributed by atoms with Crippen molar-refractivity contribution in [3.05, 3.63) is 77.6 Å². The van der Waals surface area contributed by atoms with Gasteiger partial charge in [0.1, 0.15) is 12.5 Å². The minimum atomic E-state index is -1.23. The van der Waals surface area contributed by atoms with E-state index in [1.807, 2.05) is 42.5 Å². The first-order chi connectivity index (χ1) is 16.3. The molecule has 0 saturated heterocycles. The Balaban J connectivity index is 1.63. The van der Waals surface area contributed by atoms with Gasteiger partial charge in [-0.25, -0.2) is 18.4 Å². The summed E-state index contributed by atoms with van der Waals surface area (Å²) in [5, 5.41) is 5.35. The van der Waals surface area contributed by atoms with E-state index < -0.39 is 19.7 Å². The summed E-state index contributed by atoms with van der Waals surface area (Å²) in [5.41, 5.74) is 2.20. The lowest BCUT2D eigenvalue weighted by atomic mass is 10.2. The maximum atomic E-state index is 14.0. The molecule has 6 nitrogen and oxygen atoms in total. The van der Waals surface area contributed by atoms with Crippen molar-refractivity contribution in [2.45, 2.75) is 32.4 Å². The Bertz CT molecular complexity index is 1300. The van der Waals surface area contributed by atoms with Gasteiger partial charge in [0.15, 0.2) is 17.2 Å². The van der Waals surface area contributed by atoms with E-state index in [-0.39, 0.29) is 18.5 Å². The van der Waals surface area contributed by atoms with Crippen LogP contribution in [0.1, 0.15) is 11.3 Å². The molecular formula is C25H26F2N4O2Si. The Labute approximate surface area is 197 Å². The summed E-state index contributed by atoms with van der Waals surface area (Å²) < 4.78 is 40.2. The van der Waals surface area contributed by atoms with Gasteiger partial charge in [0.05, 0.1) is 11.1 Å². The molecule has 9 heteroatoms. The molecule has 0 aliphatic heterocycles. The number of fused-ring (bicyclic) bond motifs is 1. The van der Waals surface area contributed by atoms with Gasteiger partial charge in [-0.1, -0.05) is 56.0 Å². The molecule has 0 fully saturated rings. The van der Waals surface area contributed by atoms with E-state index in [0.29, 0.717) is 23.3 Å². The third kappa shape index (κ3) is 6.12. The Morgan fingerprint density at radius 1 is 1.03 bits per heavy atom. The second-order valence-corrected chi connectivity index (χ2v) is 14.7. The number of rotatable bonds is 9. The minimum absolute atomic E-state index is 0.0696. The van der Waals surface area contributed by atoms with Crippen LogP contribution < -0.4 is 4.74 Å². The Morgan fingerprint density at radius 2 is 1.82 bits per heavy atom. The van der Waals surface area contributed by atoms with Crippen molar-refractivity contribution in [2.24, 2.45) is 0 Å². The number of nitrogens with zero attached hydrogens (tertiary/aromatic N) is 4. The van der Waals surface area contributed by atoms with Gasteiger partial charge in [-0.05, 0) is 29.8 Å². The highest BCUT2D eigenvalue weighted by Gasteiger charge is 2.16. The van der Waals surface area contributed by atoms with Crippen molar-refractivity contribution in [1.29, 1.82) is 0 Å². The van der Waals surface area contributed by atoms with E-state index in [9.17, 15) is 8.78 Å². The zero-order valence-electron chi connectivity index (χ0n) is 19.3. The van der Waals surface area contributed by atoms with Crippen LogP contribution in [0.3, 0.4) is 0 Å². The van der Waals surface area contributed by atoms with Crippen LogP contribution in [-0.4, -0.2) is 34.4 Å². The highest BCUT2D eigenvalue weighted by atomic mass is 28.3. The summed E-state index contributed by atoms with van der Waals surface area (Å²) in [6.45, 7) is 7.70. The van der Waals surface area contributed by atoms with Gasteiger partial charge in [0.2, 0.25) is 0 Å². The van der Waals surface area contributed by atoms with Gasteiger partial charge in [0.25, 0.3) is 0 Å². The summed E-state index contributed by atoms with van der Waals surface area (Å²) in [4.78, 5) is 8.65. The molecule has 2 aromatic carbocycles. The van der Waals surface area contributed by atoms with Crippen molar-refractivity contribution in [1.82, 2.24) is 19.7 Å². The summed E-state index contributed by atoms with van der Waals surface area (Å²) in [5.74, 6) is -1.69. The first kappa shape index (κ1) is 23.7. The zero-order valence-corrected chi connectivity index (χ0v) is 20.3. The SMILES string of the molecule is C[Si](C)(C)CCOCn1nc(C=Cc2ccccc2)c2cnc(Oc3ccc(F)cc3F)nc21.